The van der Waals surface area contributed by atoms with Crippen molar-refractivity contribution < 1.29 is 0 Å². The van der Waals surface area contributed by atoms with E-state index in [-0.39, 0.29) is 0 Å². The van der Waals surface area contributed by atoms with Crippen LogP contribution in [0.3, 0.4) is 0 Å². The predicted octanol–water partition coefficient (Wildman–Crippen LogP) is 8.33. The summed E-state index contributed by atoms with van der Waals surface area (Å²) in [7, 11) is 0. The summed E-state index contributed by atoms with van der Waals surface area (Å²) in [6, 6.07) is 16.5. The van der Waals surface area contributed by atoms with Crippen LogP contribution in [0.1, 0.15) is 44.7 Å². The Morgan fingerprint density at radius 2 is 1.93 bits per heavy atom. The third kappa shape index (κ3) is 5.00. The van der Waals surface area contributed by atoms with Gasteiger partial charge in [-0.2, -0.15) is 5.10 Å². The molecule has 0 unspecified atom stereocenters. The van der Waals surface area contributed by atoms with E-state index in [4.69, 9.17) is 4.98 Å². The van der Waals surface area contributed by atoms with E-state index in [1.54, 1.807) is 6.20 Å². The highest BCUT2D eigenvalue weighted by atomic mass is 15.1. The van der Waals surface area contributed by atoms with Gasteiger partial charge in [-0.05, 0) is 79.3 Å². The van der Waals surface area contributed by atoms with Gasteiger partial charge in [0.15, 0.2) is 0 Å². The fourth-order valence-electron chi connectivity index (χ4n) is 5.66. The molecule has 0 saturated heterocycles. The average Bonchev–Trinajstić information content (AvgIpc) is 3.64. The van der Waals surface area contributed by atoms with E-state index in [9.17, 15) is 0 Å². The van der Waals surface area contributed by atoms with Crippen LogP contribution in [-0.2, 0) is 0 Å². The number of fused-ring (bicyclic) bond motifs is 2. The maximum Gasteiger partial charge on any atom is 0.135 e. The van der Waals surface area contributed by atoms with Crippen molar-refractivity contribution in [3.05, 3.63) is 109 Å². The number of hydrogen-bond donors (Lipinski definition) is 3. The average molecular weight is 527 g/mol. The van der Waals surface area contributed by atoms with Gasteiger partial charge in [0.1, 0.15) is 11.2 Å². The lowest BCUT2D eigenvalue weighted by Gasteiger charge is -2.25. The number of H-pyrrole nitrogens is 2. The number of pyridine rings is 2. The largest absolute Gasteiger partial charge is 0.359 e. The Morgan fingerprint density at radius 1 is 1.05 bits per heavy atom. The van der Waals surface area contributed by atoms with E-state index in [1.165, 1.54) is 32.1 Å². The molecule has 0 atom stereocenters. The smallest absolute Gasteiger partial charge is 0.135 e. The molecule has 0 amide bonds. The number of nitrogens with zero attached hydrogens (tertiary/aromatic N) is 3. The van der Waals surface area contributed by atoms with Crippen molar-refractivity contribution in [3.8, 4) is 22.5 Å². The summed E-state index contributed by atoms with van der Waals surface area (Å²) in [5.74, 6) is 0.518. The van der Waals surface area contributed by atoms with Crippen LogP contribution in [0.25, 0.3) is 50.0 Å². The van der Waals surface area contributed by atoms with Crippen LogP contribution in [-0.4, -0.2) is 25.1 Å². The molecule has 1 saturated carbocycles. The van der Waals surface area contributed by atoms with E-state index < -0.39 is 0 Å². The van der Waals surface area contributed by atoms with Crippen molar-refractivity contribution in [1.29, 1.82) is 0 Å². The first-order valence-corrected chi connectivity index (χ1v) is 14.0. The normalized spacial score (nSPS) is 15.0. The van der Waals surface area contributed by atoms with E-state index in [1.807, 2.05) is 37.4 Å². The zero-order valence-corrected chi connectivity index (χ0v) is 22.9. The lowest BCUT2D eigenvalue weighted by atomic mass is 9.87. The fourth-order valence-corrected chi connectivity index (χ4v) is 5.66. The lowest BCUT2D eigenvalue weighted by Crippen LogP contribution is -2.20. The van der Waals surface area contributed by atoms with Crippen LogP contribution in [0.2, 0.25) is 0 Å². The first kappa shape index (κ1) is 25.6. The molecule has 0 spiro atoms. The highest BCUT2D eigenvalue weighted by Gasteiger charge is 2.18. The molecule has 200 valence electrons. The lowest BCUT2D eigenvalue weighted by molar-refractivity contribution is 0.393. The highest BCUT2D eigenvalue weighted by molar-refractivity contribution is 6.00. The quantitative estimate of drug-likeness (QED) is 0.178. The Balaban J connectivity index is 1.33. The number of nitrogens with one attached hydrogen (secondary N) is 3. The third-order valence-corrected chi connectivity index (χ3v) is 7.84. The standard InChI is InChI=1S/C34H34N6/c1-4-23(19-26(5-2)36-22(3)24-11-7-6-8-12-24)29-16-17-31-33(38-29)34(40-39-31)32-20-28-27(14-9-15-30(28)37-32)25-13-10-18-35-21-25/h4-5,9-10,13-21,24,36-37H,2-3,6-8,11-12H2,1H3,(H,39,40)/b23-4+,26-19+. The van der Waals surface area contributed by atoms with E-state index in [0.717, 1.165) is 67.1 Å². The molecule has 5 aromatic rings. The Kier molecular flexibility index (Phi) is 7.15. The summed E-state index contributed by atoms with van der Waals surface area (Å²) >= 11 is 0. The van der Waals surface area contributed by atoms with Gasteiger partial charge in [0.05, 0.1) is 16.9 Å². The molecule has 1 aliphatic rings. The molecule has 1 fully saturated rings. The van der Waals surface area contributed by atoms with Gasteiger partial charge in [-0.15, -0.1) is 0 Å². The second kappa shape index (κ2) is 11.2. The summed E-state index contributed by atoms with van der Waals surface area (Å²) in [6.45, 7) is 10.4. The Labute approximate surface area is 234 Å². The van der Waals surface area contributed by atoms with Crippen molar-refractivity contribution in [3.63, 3.8) is 0 Å². The second-order valence-electron chi connectivity index (χ2n) is 10.4. The zero-order chi connectivity index (χ0) is 27.5. The molecule has 4 aromatic heterocycles. The molecule has 1 aromatic carbocycles. The van der Waals surface area contributed by atoms with Gasteiger partial charge in [-0.3, -0.25) is 10.1 Å². The second-order valence-corrected chi connectivity index (χ2v) is 10.4. The first-order chi connectivity index (χ1) is 19.6. The predicted molar refractivity (Wildman–Crippen MR) is 165 cm³/mol. The summed E-state index contributed by atoms with van der Waals surface area (Å²) in [6.07, 6.45) is 16.0. The number of benzene rings is 1. The molecule has 0 aliphatic heterocycles. The van der Waals surface area contributed by atoms with Gasteiger partial charge < -0.3 is 10.3 Å². The minimum Gasteiger partial charge on any atom is -0.359 e. The summed E-state index contributed by atoms with van der Waals surface area (Å²) in [5.41, 5.74) is 10.5. The van der Waals surface area contributed by atoms with Gasteiger partial charge in [0, 0.05) is 40.3 Å². The van der Waals surface area contributed by atoms with Crippen LogP contribution in [0.15, 0.2) is 104 Å². The minimum atomic E-state index is 0.518. The van der Waals surface area contributed by atoms with Crippen molar-refractivity contribution in [2.45, 2.75) is 39.0 Å². The summed E-state index contributed by atoms with van der Waals surface area (Å²) in [5, 5.41) is 12.5. The van der Waals surface area contributed by atoms with E-state index >= 15 is 0 Å². The molecule has 40 heavy (non-hydrogen) atoms. The van der Waals surface area contributed by atoms with Gasteiger partial charge in [-0.1, -0.05) is 56.7 Å². The number of aromatic nitrogens is 5. The van der Waals surface area contributed by atoms with Crippen molar-refractivity contribution in [2.24, 2.45) is 5.92 Å². The van der Waals surface area contributed by atoms with Gasteiger partial charge >= 0.3 is 0 Å². The van der Waals surface area contributed by atoms with Crippen molar-refractivity contribution >= 4 is 27.5 Å². The monoisotopic (exact) mass is 526 g/mol. The molecule has 1 aliphatic carbocycles. The van der Waals surface area contributed by atoms with E-state index in [2.05, 4.69) is 81.1 Å². The number of rotatable bonds is 8. The van der Waals surface area contributed by atoms with Crippen molar-refractivity contribution in [2.75, 3.05) is 0 Å². The Morgan fingerprint density at radius 3 is 2.70 bits per heavy atom. The SMILES string of the molecule is C=C/C(=C\C(=C/C)c1ccc2[nH]nc(-c3cc4c(-c5cccnc5)cccc4[nH]3)c2n1)NC(=C)C1CCCCC1. The Hall–Kier alpha value is -4.71. The summed E-state index contributed by atoms with van der Waals surface area (Å²) in [4.78, 5) is 12.9. The number of hydrogen-bond acceptors (Lipinski definition) is 4. The maximum atomic E-state index is 5.07. The van der Waals surface area contributed by atoms with Crippen LogP contribution >= 0.6 is 0 Å². The molecular formula is C34H34N6. The topological polar surface area (TPSA) is 82.3 Å². The first-order valence-electron chi connectivity index (χ1n) is 14.0. The third-order valence-electron chi connectivity index (χ3n) is 7.84. The van der Waals surface area contributed by atoms with Gasteiger partial charge in [0.25, 0.3) is 0 Å². The minimum absolute atomic E-state index is 0.518. The molecule has 0 radical (unpaired) electrons. The maximum absolute atomic E-state index is 5.07. The fraction of sp³-hybridized carbons (Fsp3) is 0.206. The molecule has 0 bridgehead atoms. The molecule has 6 heteroatoms. The molecule has 6 rings (SSSR count). The van der Waals surface area contributed by atoms with Crippen LogP contribution in [0.4, 0.5) is 0 Å². The molecular weight excluding hydrogens is 492 g/mol. The number of aromatic amines is 2. The molecule has 3 N–H and O–H groups in total. The highest BCUT2D eigenvalue weighted by Crippen LogP contribution is 2.34. The van der Waals surface area contributed by atoms with Gasteiger partial charge in [0.2, 0.25) is 0 Å². The summed E-state index contributed by atoms with van der Waals surface area (Å²) < 4.78 is 0. The van der Waals surface area contributed by atoms with E-state index in [0.29, 0.717) is 5.92 Å². The molecule has 6 nitrogen and oxygen atoms in total. The van der Waals surface area contributed by atoms with Crippen LogP contribution in [0.5, 0.6) is 0 Å². The molecule has 4 heterocycles. The zero-order valence-electron chi connectivity index (χ0n) is 22.9. The van der Waals surface area contributed by atoms with Crippen LogP contribution in [0, 0.1) is 5.92 Å². The number of allylic oxidation sites excluding steroid dienone is 5. The van der Waals surface area contributed by atoms with Crippen LogP contribution < -0.4 is 5.32 Å². The van der Waals surface area contributed by atoms with Gasteiger partial charge in [-0.25, -0.2) is 4.98 Å². The Bertz CT molecular complexity index is 1750. The van der Waals surface area contributed by atoms with Crippen molar-refractivity contribution in [1.82, 2.24) is 30.5 Å².